The van der Waals surface area contributed by atoms with E-state index in [4.69, 9.17) is 0 Å². The van der Waals surface area contributed by atoms with E-state index in [1.807, 2.05) is 0 Å². The molecule has 80 valence electrons. The standard InChI is InChI=1S/C11H14N2O2/c1-8(14)12-10-7-5-4-6-9(10)11(15)13(2)3/h4-7H,1-3H3,(H,12,14). The summed E-state index contributed by atoms with van der Waals surface area (Å²) in [6.07, 6.45) is 0. The third kappa shape index (κ3) is 2.80. The first-order chi connectivity index (χ1) is 7.02. The largest absolute Gasteiger partial charge is 0.345 e. The normalized spacial score (nSPS) is 9.53. The van der Waals surface area contributed by atoms with Crippen molar-refractivity contribution in [1.29, 1.82) is 0 Å². The average Bonchev–Trinajstić information content (AvgIpc) is 2.16. The third-order valence-corrected chi connectivity index (χ3v) is 1.87. The molecule has 0 saturated carbocycles. The van der Waals surface area contributed by atoms with Gasteiger partial charge in [-0.15, -0.1) is 0 Å². The third-order valence-electron chi connectivity index (χ3n) is 1.87. The lowest BCUT2D eigenvalue weighted by atomic mass is 10.1. The number of amides is 2. The molecule has 1 aromatic carbocycles. The SMILES string of the molecule is CC(=O)Nc1ccccc1C(=O)N(C)C. The molecule has 0 bridgehead atoms. The van der Waals surface area contributed by atoms with Crippen molar-refractivity contribution < 1.29 is 9.59 Å². The van der Waals surface area contributed by atoms with Gasteiger partial charge >= 0.3 is 0 Å². The van der Waals surface area contributed by atoms with Gasteiger partial charge in [-0.2, -0.15) is 0 Å². The first kappa shape index (κ1) is 11.2. The van der Waals surface area contributed by atoms with Crippen molar-refractivity contribution in [1.82, 2.24) is 4.90 Å². The molecule has 0 fully saturated rings. The number of nitrogens with zero attached hydrogens (tertiary/aromatic N) is 1. The van der Waals surface area contributed by atoms with Gasteiger partial charge in [0.2, 0.25) is 5.91 Å². The predicted molar refractivity (Wildman–Crippen MR) is 58.8 cm³/mol. The Kier molecular flexibility index (Phi) is 3.44. The smallest absolute Gasteiger partial charge is 0.255 e. The Hall–Kier alpha value is -1.84. The van der Waals surface area contributed by atoms with Crippen LogP contribution in [-0.2, 0) is 4.79 Å². The average molecular weight is 206 g/mol. The summed E-state index contributed by atoms with van der Waals surface area (Å²) in [4.78, 5) is 24.1. The summed E-state index contributed by atoms with van der Waals surface area (Å²) < 4.78 is 0. The number of anilines is 1. The van der Waals surface area contributed by atoms with Crippen LogP contribution in [0.1, 0.15) is 17.3 Å². The maximum atomic E-state index is 11.7. The summed E-state index contributed by atoms with van der Waals surface area (Å²) >= 11 is 0. The number of rotatable bonds is 2. The van der Waals surface area contributed by atoms with Crippen LogP contribution in [0.15, 0.2) is 24.3 Å². The zero-order valence-electron chi connectivity index (χ0n) is 9.07. The second-order valence-electron chi connectivity index (χ2n) is 3.43. The quantitative estimate of drug-likeness (QED) is 0.794. The first-order valence-electron chi connectivity index (χ1n) is 4.60. The minimum Gasteiger partial charge on any atom is -0.345 e. The van der Waals surface area contributed by atoms with Gasteiger partial charge in [0.1, 0.15) is 0 Å². The van der Waals surface area contributed by atoms with E-state index < -0.39 is 0 Å². The fourth-order valence-electron chi connectivity index (χ4n) is 1.21. The lowest BCUT2D eigenvalue weighted by molar-refractivity contribution is -0.114. The van der Waals surface area contributed by atoms with Crippen LogP contribution in [0.2, 0.25) is 0 Å². The highest BCUT2D eigenvalue weighted by Gasteiger charge is 2.12. The number of benzene rings is 1. The van der Waals surface area contributed by atoms with Crippen LogP contribution in [0.3, 0.4) is 0 Å². The van der Waals surface area contributed by atoms with Gasteiger partial charge in [0.25, 0.3) is 5.91 Å². The summed E-state index contributed by atoms with van der Waals surface area (Å²) in [7, 11) is 3.35. The molecular formula is C11H14N2O2. The van der Waals surface area contributed by atoms with Crippen LogP contribution < -0.4 is 5.32 Å². The molecule has 0 radical (unpaired) electrons. The van der Waals surface area contributed by atoms with E-state index in [9.17, 15) is 9.59 Å². The molecule has 4 nitrogen and oxygen atoms in total. The number of nitrogens with one attached hydrogen (secondary N) is 1. The molecule has 0 atom stereocenters. The monoisotopic (exact) mass is 206 g/mol. The fourth-order valence-corrected chi connectivity index (χ4v) is 1.21. The Morgan fingerprint density at radius 1 is 1.20 bits per heavy atom. The molecule has 0 aliphatic heterocycles. The summed E-state index contributed by atoms with van der Waals surface area (Å²) in [5.41, 5.74) is 1.04. The van der Waals surface area contributed by atoms with Gasteiger partial charge in [0, 0.05) is 21.0 Å². The number of hydrogen-bond acceptors (Lipinski definition) is 2. The highest BCUT2D eigenvalue weighted by atomic mass is 16.2. The molecule has 1 aromatic rings. The van der Waals surface area contributed by atoms with E-state index >= 15 is 0 Å². The Labute approximate surface area is 88.9 Å². The topological polar surface area (TPSA) is 49.4 Å². The lowest BCUT2D eigenvalue weighted by Gasteiger charge is -2.13. The summed E-state index contributed by atoms with van der Waals surface area (Å²) in [6, 6.07) is 6.94. The lowest BCUT2D eigenvalue weighted by Crippen LogP contribution is -2.23. The van der Waals surface area contributed by atoms with Gasteiger partial charge in [0.15, 0.2) is 0 Å². The van der Waals surface area contributed by atoms with E-state index in [1.165, 1.54) is 11.8 Å². The van der Waals surface area contributed by atoms with Gasteiger partial charge in [-0.3, -0.25) is 9.59 Å². The molecule has 0 saturated heterocycles. The minimum absolute atomic E-state index is 0.126. The molecule has 15 heavy (non-hydrogen) atoms. The molecule has 0 spiro atoms. The molecule has 2 amide bonds. The van der Waals surface area contributed by atoms with Crippen molar-refractivity contribution in [3.05, 3.63) is 29.8 Å². The molecular weight excluding hydrogens is 192 g/mol. The van der Waals surface area contributed by atoms with Crippen LogP contribution in [-0.4, -0.2) is 30.8 Å². The number of carbonyl (C=O) groups is 2. The second-order valence-corrected chi connectivity index (χ2v) is 3.43. The van der Waals surface area contributed by atoms with Crippen molar-refractivity contribution >= 4 is 17.5 Å². The second kappa shape index (κ2) is 4.59. The summed E-state index contributed by atoms with van der Waals surface area (Å²) in [6.45, 7) is 1.41. The van der Waals surface area contributed by atoms with Crippen LogP contribution in [0.4, 0.5) is 5.69 Å². The van der Waals surface area contributed by atoms with Crippen molar-refractivity contribution in [3.63, 3.8) is 0 Å². The van der Waals surface area contributed by atoms with Crippen molar-refractivity contribution in [2.45, 2.75) is 6.92 Å². The molecule has 1 rings (SSSR count). The van der Waals surface area contributed by atoms with Crippen LogP contribution >= 0.6 is 0 Å². The Morgan fingerprint density at radius 2 is 1.80 bits per heavy atom. The van der Waals surface area contributed by atoms with Crippen molar-refractivity contribution in [2.24, 2.45) is 0 Å². The molecule has 0 aliphatic carbocycles. The Bertz CT molecular complexity index is 386. The zero-order valence-corrected chi connectivity index (χ0v) is 9.07. The van der Waals surface area contributed by atoms with Crippen LogP contribution in [0.25, 0.3) is 0 Å². The van der Waals surface area contributed by atoms with Crippen molar-refractivity contribution in [3.8, 4) is 0 Å². The van der Waals surface area contributed by atoms with E-state index in [0.717, 1.165) is 0 Å². The highest BCUT2D eigenvalue weighted by Crippen LogP contribution is 2.16. The van der Waals surface area contributed by atoms with E-state index in [1.54, 1.807) is 38.4 Å². The van der Waals surface area contributed by atoms with Crippen LogP contribution in [0.5, 0.6) is 0 Å². The molecule has 0 unspecified atom stereocenters. The molecule has 0 heterocycles. The first-order valence-corrected chi connectivity index (χ1v) is 4.60. The maximum Gasteiger partial charge on any atom is 0.255 e. The molecule has 4 heteroatoms. The van der Waals surface area contributed by atoms with E-state index in [0.29, 0.717) is 11.3 Å². The van der Waals surface area contributed by atoms with Gasteiger partial charge in [0.05, 0.1) is 11.3 Å². The van der Waals surface area contributed by atoms with Gasteiger partial charge in [-0.1, -0.05) is 12.1 Å². The Balaban J connectivity index is 3.06. The highest BCUT2D eigenvalue weighted by molar-refractivity contribution is 6.03. The van der Waals surface area contributed by atoms with Crippen molar-refractivity contribution in [2.75, 3.05) is 19.4 Å². The van der Waals surface area contributed by atoms with Gasteiger partial charge < -0.3 is 10.2 Å². The summed E-state index contributed by atoms with van der Waals surface area (Å²) in [5, 5.41) is 2.62. The number of carbonyl (C=O) groups excluding carboxylic acids is 2. The minimum atomic E-state index is -0.186. The number of para-hydroxylation sites is 1. The predicted octanol–water partition coefficient (Wildman–Crippen LogP) is 1.35. The Morgan fingerprint density at radius 3 is 2.33 bits per heavy atom. The molecule has 0 aliphatic rings. The van der Waals surface area contributed by atoms with Gasteiger partial charge in [-0.25, -0.2) is 0 Å². The van der Waals surface area contributed by atoms with Crippen LogP contribution in [0, 0.1) is 0 Å². The fraction of sp³-hybridized carbons (Fsp3) is 0.273. The zero-order chi connectivity index (χ0) is 11.4. The molecule has 1 N–H and O–H groups in total. The molecule has 0 aromatic heterocycles. The summed E-state index contributed by atoms with van der Waals surface area (Å²) in [5.74, 6) is -0.312. The van der Waals surface area contributed by atoms with Gasteiger partial charge in [-0.05, 0) is 12.1 Å². The number of hydrogen-bond donors (Lipinski definition) is 1. The maximum absolute atomic E-state index is 11.7. The van der Waals surface area contributed by atoms with E-state index in [2.05, 4.69) is 5.32 Å². The van der Waals surface area contributed by atoms with E-state index in [-0.39, 0.29) is 11.8 Å².